The number of nitrogens with one attached hydrogen (secondary N) is 1. The van der Waals surface area contributed by atoms with Crippen LogP contribution < -0.4 is 5.73 Å². The summed E-state index contributed by atoms with van der Waals surface area (Å²) in [5.41, 5.74) is 4.98. The second-order valence-corrected chi connectivity index (χ2v) is 2.62. The molecule has 3 N–H and O–H groups in total. The number of primary amides is 1. The molecule has 76 valence electrons. The Bertz CT molecular complexity index is 321. The van der Waals surface area contributed by atoms with Gasteiger partial charge in [-0.2, -0.15) is 5.10 Å². The maximum Gasteiger partial charge on any atom is 0.291 e. The Morgan fingerprint density at radius 2 is 2.36 bits per heavy atom. The van der Waals surface area contributed by atoms with Crippen molar-refractivity contribution in [2.45, 2.75) is 6.92 Å². The average Bonchev–Trinajstić information content (AvgIpc) is 2.65. The number of carbonyl (C=O) groups is 2. The van der Waals surface area contributed by atoms with Crippen molar-refractivity contribution < 1.29 is 9.59 Å². The monoisotopic (exact) mass is 197 g/mol. The number of nitrogens with zero attached hydrogens (tertiary/aromatic N) is 3. The van der Waals surface area contributed by atoms with Crippen molar-refractivity contribution in [1.29, 1.82) is 0 Å². The molecule has 2 amide bonds. The highest BCUT2D eigenvalue weighted by molar-refractivity contribution is 5.93. The molecule has 1 heterocycles. The van der Waals surface area contributed by atoms with E-state index in [1.54, 1.807) is 6.92 Å². The zero-order valence-electron chi connectivity index (χ0n) is 7.73. The van der Waals surface area contributed by atoms with Gasteiger partial charge in [0.05, 0.1) is 6.54 Å². The highest BCUT2D eigenvalue weighted by atomic mass is 16.2. The molecule has 7 heteroatoms. The molecule has 0 radical (unpaired) electrons. The van der Waals surface area contributed by atoms with Gasteiger partial charge in [-0.3, -0.25) is 14.7 Å². The molecule has 0 saturated heterocycles. The van der Waals surface area contributed by atoms with E-state index in [4.69, 9.17) is 5.73 Å². The van der Waals surface area contributed by atoms with Crippen LogP contribution in [-0.2, 0) is 4.79 Å². The number of aromatic nitrogens is 3. The minimum Gasteiger partial charge on any atom is -0.368 e. The maximum atomic E-state index is 11.6. The summed E-state index contributed by atoms with van der Waals surface area (Å²) in [5.74, 6) is -0.836. The van der Waals surface area contributed by atoms with Crippen molar-refractivity contribution in [2.75, 3.05) is 13.1 Å². The smallest absolute Gasteiger partial charge is 0.291 e. The van der Waals surface area contributed by atoms with E-state index >= 15 is 0 Å². The van der Waals surface area contributed by atoms with Gasteiger partial charge in [-0.1, -0.05) is 0 Å². The van der Waals surface area contributed by atoms with Gasteiger partial charge in [-0.25, -0.2) is 4.98 Å². The van der Waals surface area contributed by atoms with Crippen molar-refractivity contribution in [3.8, 4) is 0 Å². The second kappa shape index (κ2) is 4.35. The summed E-state index contributed by atoms with van der Waals surface area (Å²) < 4.78 is 0. The number of hydrogen-bond donors (Lipinski definition) is 2. The molecule has 14 heavy (non-hydrogen) atoms. The van der Waals surface area contributed by atoms with Crippen molar-refractivity contribution in [3.63, 3.8) is 0 Å². The molecule has 0 spiro atoms. The largest absolute Gasteiger partial charge is 0.368 e. The van der Waals surface area contributed by atoms with Crippen molar-refractivity contribution in [2.24, 2.45) is 5.73 Å². The Morgan fingerprint density at radius 1 is 1.64 bits per heavy atom. The molecule has 1 aromatic rings. The number of carbonyl (C=O) groups excluding carboxylic acids is 2. The van der Waals surface area contributed by atoms with Gasteiger partial charge < -0.3 is 10.6 Å². The number of amides is 2. The van der Waals surface area contributed by atoms with Gasteiger partial charge in [-0.05, 0) is 6.92 Å². The van der Waals surface area contributed by atoms with Gasteiger partial charge in [0.15, 0.2) is 0 Å². The molecular formula is C7H11N5O2. The highest BCUT2D eigenvalue weighted by Gasteiger charge is 2.17. The SMILES string of the molecule is CCN(CC(N)=O)C(=O)c1ncn[nH]1. The standard InChI is InChI=1S/C7H11N5O2/c1-2-12(3-5(8)13)7(14)6-9-4-10-11-6/h4H,2-3H2,1H3,(H2,8,13)(H,9,10,11). The fraction of sp³-hybridized carbons (Fsp3) is 0.429. The fourth-order valence-electron chi connectivity index (χ4n) is 0.974. The van der Waals surface area contributed by atoms with Crippen LogP contribution in [0, 0.1) is 0 Å². The van der Waals surface area contributed by atoms with Crippen molar-refractivity contribution in [3.05, 3.63) is 12.2 Å². The van der Waals surface area contributed by atoms with Crippen LogP contribution in [0.25, 0.3) is 0 Å². The molecule has 0 saturated carbocycles. The molecule has 1 aromatic heterocycles. The van der Waals surface area contributed by atoms with E-state index in [9.17, 15) is 9.59 Å². The Balaban J connectivity index is 2.70. The number of hydrogen-bond acceptors (Lipinski definition) is 4. The number of H-pyrrole nitrogens is 1. The number of rotatable bonds is 4. The van der Waals surface area contributed by atoms with Crippen LogP contribution in [0.2, 0.25) is 0 Å². The molecule has 0 aromatic carbocycles. The maximum absolute atomic E-state index is 11.6. The summed E-state index contributed by atoms with van der Waals surface area (Å²) in [5, 5.41) is 5.96. The molecule has 0 atom stereocenters. The van der Waals surface area contributed by atoms with Crippen LogP contribution >= 0.6 is 0 Å². The van der Waals surface area contributed by atoms with E-state index in [1.807, 2.05) is 0 Å². The number of aromatic amines is 1. The third kappa shape index (κ3) is 2.28. The Hall–Kier alpha value is -1.92. The Morgan fingerprint density at radius 3 is 2.79 bits per heavy atom. The van der Waals surface area contributed by atoms with Crippen LogP contribution in [0.3, 0.4) is 0 Å². The topological polar surface area (TPSA) is 105 Å². The second-order valence-electron chi connectivity index (χ2n) is 2.62. The molecule has 0 aliphatic heterocycles. The van der Waals surface area contributed by atoms with Crippen LogP contribution in [0.15, 0.2) is 6.33 Å². The first kappa shape index (κ1) is 10.2. The lowest BCUT2D eigenvalue weighted by molar-refractivity contribution is -0.118. The third-order valence-corrected chi connectivity index (χ3v) is 1.63. The summed E-state index contributed by atoms with van der Waals surface area (Å²) in [7, 11) is 0. The Kier molecular flexibility index (Phi) is 3.16. The zero-order valence-corrected chi connectivity index (χ0v) is 7.73. The molecule has 0 fully saturated rings. The van der Waals surface area contributed by atoms with Crippen LogP contribution in [0.1, 0.15) is 17.5 Å². The normalized spacial score (nSPS) is 9.79. The van der Waals surface area contributed by atoms with Gasteiger partial charge in [0, 0.05) is 6.54 Å². The zero-order chi connectivity index (χ0) is 10.6. The minimum absolute atomic E-state index is 0.105. The summed E-state index contributed by atoms with van der Waals surface area (Å²) in [4.78, 5) is 27.1. The molecule has 0 bridgehead atoms. The van der Waals surface area contributed by atoms with Crippen molar-refractivity contribution in [1.82, 2.24) is 20.1 Å². The summed E-state index contributed by atoms with van der Waals surface area (Å²) >= 11 is 0. The fourth-order valence-corrected chi connectivity index (χ4v) is 0.974. The lowest BCUT2D eigenvalue weighted by atomic mass is 10.4. The predicted molar refractivity (Wildman–Crippen MR) is 47.2 cm³/mol. The van der Waals surface area contributed by atoms with Crippen molar-refractivity contribution >= 4 is 11.8 Å². The first-order valence-corrected chi connectivity index (χ1v) is 4.08. The first-order valence-electron chi connectivity index (χ1n) is 4.08. The van der Waals surface area contributed by atoms with E-state index in [1.165, 1.54) is 11.2 Å². The van der Waals surface area contributed by atoms with Gasteiger partial charge >= 0.3 is 0 Å². The summed E-state index contributed by atoms with van der Waals surface area (Å²) in [6.07, 6.45) is 1.23. The molecule has 0 aliphatic rings. The predicted octanol–water partition coefficient (Wildman–Crippen LogP) is -1.25. The van der Waals surface area contributed by atoms with E-state index in [0.29, 0.717) is 6.54 Å². The molecule has 0 aliphatic carbocycles. The van der Waals surface area contributed by atoms with Gasteiger partial charge in [0.25, 0.3) is 5.91 Å². The Labute approximate surface area is 80.3 Å². The molecule has 0 unspecified atom stereocenters. The minimum atomic E-state index is -0.556. The van der Waals surface area contributed by atoms with Gasteiger partial charge in [-0.15, -0.1) is 0 Å². The average molecular weight is 197 g/mol. The van der Waals surface area contributed by atoms with Crippen LogP contribution in [0.5, 0.6) is 0 Å². The van der Waals surface area contributed by atoms with E-state index in [0.717, 1.165) is 0 Å². The van der Waals surface area contributed by atoms with Gasteiger partial charge in [0.1, 0.15) is 6.33 Å². The molecular weight excluding hydrogens is 186 g/mol. The van der Waals surface area contributed by atoms with E-state index < -0.39 is 5.91 Å². The van der Waals surface area contributed by atoms with Crippen LogP contribution in [0.4, 0.5) is 0 Å². The number of nitrogens with two attached hydrogens (primary N) is 1. The quantitative estimate of drug-likeness (QED) is 0.629. The third-order valence-electron chi connectivity index (χ3n) is 1.63. The van der Waals surface area contributed by atoms with Crippen LogP contribution in [-0.4, -0.2) is 45.0 Å². The highest BCUT2D eigenvalue weighted by Crippen LogP contribution is 1.96. The van der Waals surface area contributed by atoms with Gasteiger partial charge in [0.2, 0.25) is 11.7 Å². The lowest BCUT2D eigenvalue weighted by Gasteiger charge is -2.16. The lowest BCUT2D eigenvalue weighted by Crippen LogP contribution is -2.38. The molecule has 1 rings (SSSR count). The summed E-state index contributed by atoms with van der Waals surface area (Å²) in [6, 6.07) is 0. The van der Waals surface area contributed by atoms with E-state index in [-0.39, 0.29) is 18.3 Å². The van der Waals surface area contributed by atoms with E-state index in [2.05, 4.69) is 15.2 Å². The molecule has 7 nitrogen and oxygen atoms in total. The first-order chi connectivity index (χ1) is 6.65. The number of likely N-dealkylation sites (N-methyl/N-ethyl adjacent to an activating group) is 1. The summed E-state index contributed by atoms with van der Waals surface area (Å²) in [6.45, 7) is 2.02.